The van der Waals surface area contributed by atoms with Crippen LogP contribution in [0.15, 0.2) is 4.99 Å². The first-order valence-electron chi connectivity index (χ1n) is 4.31. The highest BCUT2D eigenvalue weighted by atomic mass is 16.2. The van der Waals surface area contributed by atoms with Gasteiger partial charge >= 0.3 is 0 Å². The second-order valence-electron chi connectivity index (χ2n) is 2.79. The lowest BCUT2D eigenvalue weighted by Gasteiger charge is -2.03. The highest BCUT2D eigenvalue weighted by Crippen LogP contribution is 2.00. The highest BCUT2D eigenvalue weighted by Gasteiger charge is 2.03. The number of unbranched alkanes of at least 4 members (excludes halogenated alkanes) is 1. The third kappa shape index (κ3) is 3.37. The van der Waals surface area contributed by atoms with Gasteiger partial charge < -0.3 is 10.4 Å². The Morgan fingerprint density at radius 1 is 1.45 bits per heavy atom. The maximum absolute atomic E-state index is 8.50. The maximum atomic E-state index is 8.50. The van der Waals surface area contributed by atoms with Gasteiger partial charge in [-0.1, -0.05) is 0 Å². The quantitative estimate of drug-likeness (QED) is 0.583. The number of amidine groups is 1. The molecule has 0 radical (unpaired) electrons. The molecular formula is C8H16N2O. The summed E-state index contributed by atoms with van der Waals surface area (Å²) in [4.78, 5) is 4.28. The Morgan fingerprint density at radius 2 is 2.36 bits per heavy atom. The molecule has 0 unspecified atom stereocenters. The van der Waals surface area contributed by atoms with Gasteiger partial charge in [-0.2, -0.15) is 0 Å². The van der Waals surface area contributed by atoms with Gasteiger partial charge in [0.25, 0.3) is 0 Å². The summed E-state index contributed by atoms with van der Waals surface area (Å²) < 4.78 is 0. The SMILES string of the molecule is OCCCCNC1=NCCC1. The van der Waals surface area contributed by atoms with E-state index in [4.69, 9.17) is 5.11 Å². The van der Waals surface area contributed by atoms with E-state index in [1.165, 1.54) is 6.42 Å². The molecule has 2 N–H and O–H groups in total. The second kappa shape index (κ2) is 5.13. The van der Waals surface area contributed by atoms with Gasteiger partial charge in [0.2, 0.25) is 0 Å². The molecule has 0 saturated heterocycles. The molecule has 1 heterocycles. The summed E-state index contributed by atoms with van der Waals surface area (Å²) in [5.41, 5.74) is 0. The molecule has 1 aliphatic heterocycles. The summed E-state index contributed by atoms with van der Waals surface area (Å²) in [6, 6.07) is 0. The van der Waals surface area contributed by atoms with Crippen LogP contribution in [0.4, 0.5) is 0 Å². The number of hydrogen-bond acceptors (Lipinski definition) is 3. The van der Waals surface area contributed by atoms with Gasteiger partial charge in [-0.05, 0) is 19.3 Å². The first-order chi connectivity index (χ1) is 5.43. The van der Waals surface area contributed by atoms with E-state index >= 15 is 0 Å². The van der Waals surface area contributed by atoms with Crippen LogP contribution in [0.25, 0.3) is 0 Å². The number of hydrogen-bond donors (Lipinski definition) is 2. The molecule has 11 heavy (non-hydrogen) atoms. The number of aliphatic imine (C=N–C) groups is 1. The number of aliphatic hydroxyl groups excluding tert-OH is 1. The molecule has 0 spiro atoms. The fourth-order valence-electron chi connectivity index (χ4n) is 1.15. The third-order valence-corrected chi connectivity index (χ3v) is 1.79. The largest absolute Gasteiger partial charge is 0.396 e. The van der Waals surface area contributed by atoms with Crippen LogP contribution in [0.1, 0.15) is 25.7 Å². The summed E-state index contributed by atoms with van der Waals surface area (Å²) in [7, 11) is 0. The lowest BCUT2D eigenvalue weighted by Crippen LogP contribution is -2.22. The van der Waals surface area contributed by atoms with E-state index in [9.17, 15) is 0 Å². The average Bonchev–Trinajstić information content (AvgIpc) is 2.50. The van der Waals surface area contributed by atoms with Gasteiger partial charge in [-0.3, -0.25) is 4.99 Å². The van der Waals surface area contributed by atoms with Crippen LogP contribution < -0.4 is 5.32 Å². The first kappa shape index (κ1) is 8.53. The lowest BCUT2D eigenvalue weighted by molar-refractivity contribution is 0.285. The van der Waals surface area contributed by atoms with Gasteiger partial charge in [-0.15, -0.1) is 0 Å². The summed E-state index contributed by atoms with van der Waals surface area (Å²) in [5.74, 6) is 1.16. The third-order valence-electron chi connectivity index (χ3n) is 1.79. The Hall–Kier alpha value is -0.570. The van der Waals surface area contributed by atoms with Crippen molar-refractivity contribution in [3.8, 4) is 0 Å². The first-order valence-corrected chi connectivity index (χ1v) is 4.31. The minimum Gasteiger partial charge on any atom is -0.396 e. The zero-order valence-electron chi connectivity index (χ0n) is 6.84. The maximum Gasteiger partial charge on any atom is 0.0963 e. The molecule has 0 saturated carbocycles. The van der Waals surface area contributed by atoms with E-state index < -0.39 is 0 Å². The number of nitrogens with zero attached hydrogens (tertiary/aromatic N) is 1. The van der Waals surface area contributed by atoms with Crippen molar-refractivity contribution in [2.24, 2.45) is 4.99 Å². The highest BCUT2D eigenvalue weighted by molar-refractivity contribution is 5.83. The van der Waals surface area contributed by atoms with Gasteiger partial charge in [0, 0.05) is 26.1 Å². The van der Waals surface area contributed by atoms with Crippen molar-refractivity contribution in [3.63, 3.8) is 0 Å². The van der Waals surface area contributed by atoms with Crippen molar-refractivity contribution in [1.82, 2.24) is 5.32 Å². The predicted molar refractivity (Wildman–Crippen MR) is 45.9 cm³/mol. The molecule has 0 aromatic heterocycles. The smallest absolute Gasteiger partial charge is 0.0963 e. The standard InChI is InChI=1S/C8H16N2O/c11-7-2-1-5-9-8-4-3-6-10-8/h11H,1-7H2,(H,9,10). The average molecular weight is 156 g/mol. The van der Waals surface area contributed by atoms with Crippen molar-refractivity contribution >= 4 is 5.84 Å². The van der Waals surface area contributed by atoms with Crippen LogP contribution in [0.3, 0.4) is 0 Å². The van der Waals surface area contributed by atoms with E-state index in [0.29, 0.717) is 6.61 Å². The van der Waals surface area contributed by atoms with Gasteiger partial charge in [-0.25, -0.2) is 0 Å². The minimum absolute atomic E-state index is 0.300. The molecule has 3 nitrogen and oxygen atoms in total. The van der Waals surface area contributed by atoms with E-state index in [1.54, 1.807) is 0 Å². The van der Waals surface area contributed by atoms with Gasteiger partial charge in [0.05, 0.1) is 5.84 Å². The number of nitrogens with one attached hydrogen (secondary N) is 1. The van der Waals surface area contributed by atoms with Crippen LogP contribution in [-0.4, -0.2) is 30.6 Å². The molecule has 64 valence electrons. The Balaban J connectivity index is 1.94. The van der Waals surface area contributed by atoms with Gasteiger partial charge in [0.1, 0.15) is 0 Å². The predicted octanol–water partition coefficient (Wildman–Crippen LogP) is 0.541. The number of aliphatic hydroxyl groups is 1. The van der Waals surface area contributed by atoms with Crippen LogP contribution in [-0.2, 0) is 0 Å². The van der Waals surface area contributed by atoms with E-state index in [1.807, 2.05) is 0 Å². The number of rotatable bonds is 4. The lowest BCUT2D eigenvalue weighted by atomic mass is 10.3. The summed E-state index contributed by atoms with van der Waals surface area (Å²) in [6.45, 7) is 2.25. The fraction of sp³-hybridized carbons (Fsp3) is 0.875. The summed E-state index contributed by atoms with van der Waals surface area (Å²) in [6.07, 6.45) is 4.23. The van der Waals surface area contributed by atoms with Crippen LogP contribution in [0, 0.1) is 0 Å². The van der Waals surface area contributed by atoms with Gasteiger partial charge in [0.15, 0.2) is 0 Å². The fourth-order valence-corrected chi connectivity index (χ4v) is 1.15. The zero-order valence-corrected chi connectivity index (χ0v) is 6.84. The Kier molecular flexibility index (Phi) is 3.98. The summed E-state index contributed by atoms with van der Waals surface area (Å²) in [5, 5.41) is 11.8. The molecular weight excluding hydrogens is 140 g/mol. The molecule has 0 aromatic carbocycles. The Morgan fingerprint density at radius 3 is 3.00 bits per heavy atom. The normalized spacial score (nSPS) is 16.6. The molecule has 1 rings (SSSR count). The minimum atomic E-state index is 0.300. The molecule has 0 aromatic rings. The molecule has 0 amide bonds. The van der Waals surface area contributed by atoms with Crippen LogP contribution in [0.2, 0.25) is 0 Å². The Labute approximate surface area is 67.5 Å². The topological polar surface area (TPSA) is 44.6 Å². The van der Waals surface area contributed by atoms with E-state index in [2.05, 4.69) is 10.3 Å². The molecule has 0 aliphatic carbocycles. The Bertz CT molecular complexity index is 134. The van der Waals surface area contributed by atoms with Crippen LogP contribution in [0.5, 0.6) is 0 Å². The molecule has 0 bridgehead atoms. The molecule has 0 fully saturated rings. The summed E-state index contributed by atoms with van der Waals surface area (Å²) >= 11 is 0. The van der Waals surface area contributed by atoms with Crippen molar-refractivity contribution in [2.45, 2.75) is 25.7 Å². The van der Waals surface area contributed by atoms with Crippen molar-refractivity contribution in [3.05, 3.63) is 0 Å². The van der Waals surface area contributed by atoms with Crippen molar-refractivity contribution in [2.75, 3.05) is 19.7 Å². The van der Waals surface area contributed by atoms with E-state index in [-0.39, 0.29) is 0 Å². The molecule has 1 aliphatic rings. The van der Waals surface area contributed by atoms with E-state index in [0.717, 1.165) is 38.2 Å². The second-order valence-corrected chi connectivity index (χ2v) is 2.79. The molecule has 0 atom stereocenters. The molecule has 3 heteroatoms. The monoisotopic (exact) mass is 156 g/mol. The van der Waals surface area contributed by atoms with Crippen molar-refractivity contribution < 1.29 is 5.11 Å². The zero-order chi connectivity index (χ0) is 7.94. The van der Waals surface area contributed by atoms with Crippen molar-refractivity contribution in [1.29, 1.82) is 0 Å². The van der Waals surface area contributed by atoms with Crippen LogP contribution >= 0.6 is 0 Å².